The maximum Gasteiger partial charge on any atom is 0.417 e. The molecule has 0 radical (unpaired) electrons. The molecule has 0 aliphatic carbocycles. The number of hydrogen-bond acceptors (Lipinski definition) is 3. The minimum absolute atomic E-state index is 0.183. The highest BCUT2D eigenvalue weighted by atomic mass is 35.5. The number of hydrogen-bond donors (Lipinski definition) is 1. The van der Waals surface area contributed by atoms with Gasteiger partial charge in [0, 0.05) is 11.1 Å². The molecule has 1 aromatic heterocycles. The lowest BCUT2D eigenvalue weighted by molar-refractivity contribution is -0.137. The summed E-state index contributed by atoms with van der Waals surface area (Å²) in [5, 5.41) is 4.08. The maximum atomic E-state index is 12.9. The Morgan fingerprint density at radius 2 is 1.85 bits per heavy atom. The molecule has 1 amide bonds. The number of anilines is 1. The van der Waals surface area contributed by atoms with Gasteiger partial charge in [-0.15, -0.1) is 11.8 Å². The molecule has 0 bridgehead atoms. The van der Waals surface area contributed by atoms with Gasteiger partial charge in [0.2, 0.25) is 0 Å². The average Bonchev–Trinajstić information content (AvgIpc) is 2.62. The molecule has 0 saturated carbocycles. The van der Waals surface area contributed by atoms with E-state index in [4.69, 9.17) is 11.6 Å². The molecule has 0 aliphatic heterocycles. The van der Waals surface area contributed by atoms with Gasteiger partial charge >= 0.3 is 6.18 Å². The summed E-state index contributed by atoms with van der Waals surface area (Å²) in [5.74, 6) is 0.199. The number of nitrogens with one attached hydrogen (secondary N) is 1. The first kappa shape index (κ1) is 19.5. The molecule has 3 rings (SSSR count). The van der Waals surface area contributed by atoms with Gasteiger partial charge in [-0.05, 0) is 34.7 Å². The van der Waals surface area contributed by atoms with E-state index < -0.39 is 17.6 Å². The molecule has 0 aliphatic rings. The Morgan fingerprint density at radius 3 is 2.48 bits per heavy atom. The van der Waals surface area contributed by atoms with Crippen molar-refractivity contribution in [2.24, 2.45) is 0 Å². The van der Waals surface area contributed by atoms with Crippen molar-refractivity contribution in [1.82, 2.24) is 4.98 Å². The Labute approximate surface area is 162 Å². The smallest absolute Gasteiger partial charge is 0.319 e. The number of thioether (sulfide) groups is 1. The summed E-state index contributed by atoms with van der Waals surface area (Å²) in [6.45, 7) is 1.95. The Hall–Kier alpha value is -2.25. The number of alkyl halides is 3. The van der Waals surface area contributed by atoms with Crippen molar-refractivity contribution in [2.45, 2.75) is 18.0 Å². The molecule has 0 spiro atoms. The van der Waals surface area contributed by atoms with Gasteiger partial charge in [0.25, 0.3) is 5.91 Å². The summed E-state index contributed by atoms with van der Waals surface area (Å²) < 4.78 is 38.7. The standard InChI is InChI=1S/C19H14ClF3N2OS/c1-2-27-16-8-12-6-4-3-5-11(12)7-14(16)18(26)25-15-9-13(19(21,22)23)10-24-17(15)20/h3-10H,2H2,1H3,(H,25,26). The Bertz CT molecular complexity index is 1010. The van der Waals surface area contributed by atoms with Crippen molar-refractivity contribution in [3.63, 3.8) is 0 Å². The third-order valence-electron chi connectivity index (χ3n) is 3.81. The average molecular weight is 411 g/mol. The van der Waals surface area contributed by atoms with E-state index in [1.807, 2.05) is 37.3 Å². The molecule has 140 valence electrons. The number of carbonyl (C=O) groups excluding carboxylic acids is 1. The molecule has 0 unspecified atom stereocenters. The summed E-state index contributed by atoms with van der Waals surface area (Å²) in [5.41, 5.74) is -0.796. The molecule has 2 aromatic carbocycles. The second-order valence-electron chi connectivity index (χ2n) is 5.64. The minimum atomic E-state index is -4.58. The number of nitrogens with zero attached hydrogens (tertiary/aromatic N) is 1. The topological polar surface area (TPSA) is 42.0 Å². The van der Waals surface area contributed by atoms with Crippen molar-refractivity contribution >= 4 is 45.7 Å². The zero-order chi connectivity index (χ0) is 19.6. The van der Waals surface area contributed by atoms with Crippen LogP contribution in [0.1, 0.15) is 22.8 Å². The van der Waals surface area contributed by atoms with Crippen molar-refractivity contribution in [2.75, 3.05) is 11.1 Å². The van der Waals surface area contributed by atoms with Crippen LogP contribution >= 0.6 is 23.4 Å². The number of benzene rings is 2. The number of halogens is 4. The first-order valence-electron chi connectivity index (χ1n) is 7.99. The van der Waals surface area contributed by atoms with Crippen LogP contribution in [-0.2, 0) is 6.18 Å². The predicted molar refractivity (Wildman–Crippen MR) is 103 cm³/mol. The Morgan fingerprint density at radius 1 is 1.19 bits per heavy atom. The SMILES string of the molecule is CCSc1cc2ccccc2cc1C(=O)Nc1cc(C(F)(F)F)cnc1Cl. The normalized spacial score (nSPS) is 11.6. The zero-order valence-electron chi connectivity index (χ0n) is 14.1. The van der Waals surface area contributed by atoms with E-state index in [1.54, 1.807) is 6.07 Å². The molecular formula is C19H14ClF3N2OS. The van der Waals surface area contributed by atoms with Crippen molar-refractivity contribution in [3.05, 3.63) is 64.9 Å². The minimum Gasteiger partial charge on any atom is -0.319 e. The second kappa shape index (κ2) is 7.78. The Balaban J connectivity index is 2.00. The fraction of sp³-hybridized carbons (Fsp3) is 0.158. The van der Waals surface area contributed by atoms with E-state index in [9.17, 15) is 18.0 Å². The quantitative estimate of drug-likeness (QED) is 0.407. The molecule has 1 N–H and O–H groups in total. The summed E-state index contributed by atoms with van der Waals surface area (Å²) in [4.78, 5) is 17.0. The summed E-state index contributed by atoms with van der Waals surface area (Å²) in [6.07, 6.45) is -3.95. The third kappa shape index (κ3) is 4.36. The number of pyridine rings is 1. The predicted octanol–water partition coefficient (Wildman–Crippen LogP) is 6.27. The summed E-state index contributed by atoms with van der Waals surface area (Å²) >= 11 is 7.35. The highest BCUT2D eigenvalue weighted by Gasteiger charge is 2.32. The molecule has 27 heavy (non-hydrogen) atoms. The fourth-order valence-corrected chi connectivity index (χ4v) is 3.53. The van der Waals surface area contributed by atoms with E-state index in [0.29, 0.717) is 11.8 Å². The van der Waals surface area contributed by atoms with Crippen molar-refractivity contribution in [3.8, 4) is 0 Å². The molecule has 0 saturated heterocycles. The van der Waals surface area contributed by atoms with Crippen LogP contribution in [0.25, 0.3) is 10.8 Å². The molecule has 3 nitrogen and oxygen atoms in total. The van der Waals surface area contributed by atoms with E-state index >= 15 is 0 Å². The van der Waals surface area contributed by atoms with Gasteiger partial charge in [0.05, 0.1) is 16.8 Å². The first-order chi connectivity index (χ1) is 12.8. The van der Waals surface area contributed by atoms with Crippen LogP contribution in [0.15, 0.2) is 53.6 Å². The Kier molecular flexibility index (Phi) is 5.62. The highest BCUT2D eigenvalue weighted by molar-refractivity contribution is 7.99. The van der Waals surface area contributed by atoms with Crippen LogP contribution in [0, 0.1) is 0 Å². The lowest BCUT2D eigenvalue weighted by Gasteiger charge is -2.13. The zero-order valence-corrected chi connectivity index (χ0v) is 15.7. The van der Waals surface area contributed by atoms with Gasteiger partial charge in [0.15, 0.2) is 5.15 Å². The number of rotatable bonds is 4. The third-order valence-corrected chi connectivity index (χ3v) is 5.05. The van der Waals surface area contributed by atoms with Gasteiger partial charge < -0.3 is 5.32 Å². The molecular weight excluding hydrogens is 397 g/mol. The van der Waals surface area contributed by atoms with Crippen molar-refractivity contribution < 1.29 is 18.0 Å². The number of aromatic nitrogens is 1. The van der Waals surface area contributed by atoms with Gasteiger partial charge in [-0.3, -0.25) is 4.79 Å². The van der Waals surface area contributed by atoms with E-state index in [2.05, 4.69) is 10.3 Å². The monoisotopic (exact) mass is 410 g/mol. The van der Waals surface area contributed by atoms with E-state index in [1.165, 1.54) is 11.8 Å². The molecule has 0 atom stereocenters. The lowest BCUT2D eigenvalue weighted by atomic mass is 10.1. The van der Waals surface area contributed by atoms with E-state index in [0.717, 1.165) is 27.5 Å². The largest absolute Gasteiger partial charge is 0.417 e. The first-order valence-corrected chi connectivity index (χ1v) is 9.35. The lowest BCUT2D eigenvalue weighted by Crippen LogP contribution is -2.15. The number of fused-ring (bicyclic) bond motifs is 1. The van der Waals surface area contributed by atoms with Crippen LogP contribution in [0.2, 0.25) is 5.15 Å². The molecule has 1 heterocycles. The van der Waals surface area contributed by atoms with Crippen LogP contribution in [-0.4, -0.2) is 16.6 Å². The van der Waals surface area contributed by atoms with Gasteiger partial charge in [-0.2, -0.15) is 13.2 Å². The number of amides is 1. The van der Waals surface area contributed by atoms with E-state index in [-0.39, 0.29) is 10.8 Å². The van der Waals surface area contributed by atoms with Crippen LogP contribution in [0.4, 0.5) is 18.9 Å². The second-order valence-corrected chi connectivity index (χ2v) is 7.31. The van der Waals surface area contributed by atoms with Gasteiger partial charge in [-0.1, -0.05) is 42.8 Å². The molecule has 3 aromatic rings. The van der Waals surface area contributed by atoms with Gasteiger partial charge in [0.1, 0.15) is 0 Å². The summed E-state index contributed by atoms with van der Waals surface area (Å²) in [6, 6.07) is 11.9. The maximum absolute atomic E-state index is 12.9. The van der Waals surface area contributed by atoms with Crippen LogP contribution < -0.4 is 5.32 Å². The van der Waals surface area contributed by atoms with Crippen molar-refractivity contribution in [1.29, 1.82) is 0 Å². The van der Waals surface area contributed by atoms with Crippen LogP contribution in [0.3, 0.4) is 0 Å². The molecule has 0 fully saturated rings. The molecule has 8 heteroatoms. The highest BCUT2D eigenvalue weighted by Crippen LogP contribution is 2.33. The van der Waals surface area contributed by atoms with Gasteiger partial charge in [-0.25, -0.2) is 4.98 Å². The fourth-order valence-electron chi connectivity index (χ4n) is 2.55. The summed E-state index contributed by atoms with van der Waals surface area (Å²) in [7, 11) is 0. The van der Waals surface area contributed by atoms with Crippen LogP contribution in [0.5, 0.6) is 0 Å². The number of carbonyl (C=O) groups is 1.